The van der Waals surface area contributed by atoms with Gasteiger partial charge in [0.15, 0.2) is 4.77 Å². The third-order valence-electron chi connectivity index (χ3n) is 3.61. The van der Waals surface area contributed by atoms with Gasteiger partial charge in [0.05, 0.1) is 6.04 Å². The Morgan fingerprint density at radius 3 is 2.62 bits per heavy atom. The van der Waals surface area contributed by atoms with Gasteiger partial charge in [0.1, 0.15) is 5.69 Å². The minimum Gasteiger partial charge on any atom is -0.349 e. The van der Waals surface area contributed by atoms with Gasteiger partial charge >= 0.3 is 0 Å². The van der Waals surface area contributed by atoms with Crippen LogP contribution in [0.25, 0.3) is 0 Å². The van der Waals surface area contributed by atoms with Crippen LogP contribution in [0.3, 0.4) is 0 Å². The summed E-state index contributed by atoms with van der Waals surface area (Å²) in [5.41, 5.74) is 1.01. The van der Waals surface area contributed by atoms with Crippen molar-refractivity contribution in [2.45, 2.75) is 39.2 Å². The third-order valence-corrected chi connectivity index (χ3v) is 3.81. The fraction of sp³-hybridized carbons (Fsp3) is 0.412. The van der Waals surface area contributed by atoms with E-state index in [1.165, 1.54) is 0 Å². The van der Waals surface area contributed by atoms with Gasteiger partial charge in [-0.15, -0.1) is 0 Å². The molecule has 24 heavy (non-hydrogen) atoms. The average Bonchev–Trinajstić information content (AvgIpc) is 2.54. The van der Waals surface area contributed by atoms with Gasteiger partial charge in [0, 0.05) is 12.8 Å². The molecule has 0 unspecified atom stereocenters. The first-order valence-corrected chi connectivity index (χ1v) is 8.38. The molecule has 6 nitrogen and oxygen atoms in total. The van der Waals surface area contributed by atoms with E-state index < -0.39 is 0 Å². The molecule has 0 spiro atoms. The predicted molar refractivity (Wildman–Crippen MR) is 95.1 cm³/mol. The van der Waals surface area contributed by atoms with Crippen LogP contribution in [0.4, 0.5) is 0 Å². The second kappa shape index (κ2) is 8.54. The van der Waals surface area contributed by atoms with Crippen LogP contribution in [0, 0.1) is 10.7 Å². The molecule has 128 valence electrons. The molecule has 0 aliphatic carbocycles. The lowest BCUT2D eigenvalue weighted by Crippen LogP contribution is -2.30. The highest BCUT2D eigenvalue weighted by Crippen LogP contribution is 2.21. The molecule has 1 aromatic heterocycles. The minimum atomic E-state index is -0.353. The molecule has 0 aliphatic rings. The van der Waals surface area contributed by atoms with Gasteiger partial charge < -0.3 is 5.32 Å². The van der Waals surface area contributed by atoms with E-state index in [0.29, 0.717) is 5.92 Å². The molecule has 1 heterocycles. The highest BCUT2D eigenvalue weighted by Gasteiger charge is 2.16. The number of H-pyrrole nitrogens is 2. The second-order valence-corrected chi connectivity index (χ2v) is 6.52. The lowest BCUT2D eigenvalue weighted by Gasteiger charge is -2.21. The highest BCUT2D eigenvalue weighted by molar-refractivity contribution is 7.71. The third kappa shape index (κ3) is 5.42. The Hall–Kier alpha value is -2.28. The number of nitrogens with zero attached hydrogens (tertiary/aromatic N) is 1. The molecule has 0 bridgehead atoms. The molecule has 3 N–H and O–H groups in total. The summed E-state index contributed by atoms with van der Waals surface area (Å²) in [7, 11) is 0. The maximum atomic E-state index is 12.3. The molecule has 0 radical (unpaired) electrons. The molecule has 0 fully saturated rings. The summed E-state index contributed by atoms with van der Waals surface area (Å²) in [4.78, 5) is 26.4. The smallest absolute Gasteiger partial charge is 0.273 e. The van der Waals surface area contributed by atoms with E-state index in [4.69, 9.17) is 12.2 Å². The van der Waals surface area contributed by atoms with E-state index in [-0.39, 0.29) is 40.8 Å². The maximum absolute atomic E-state index is 12.3. The zero-order valence-corrected chi connectivity index (χ0v) is 14.7. The fourth-order valence-corrected chi connectivity index (χ4v) is 2.61. The number of aromatic nitrogens is 3. The molecule has 0 saturated carbocycles. The van der Waals surface area contributed by atoms with Gasteiger partial charge in [-0.3, -0.25) is 19.7 Å². The Balaban J connectivity index is 2.00. The van der Waals surface area contributed by atoms with Crippen LogP contribution in [0.15, 0.2) is 35.1 Å². The van der Waals surface area contributed by atoms with E-state index in [9.17, 15) is 9.59 Å². The number of rotatable bonds is 7. The number of hydrogen-bond acceptors (Lipinski definition) is 4. The number of benzene rings is 1. The first-order valence-electron chi connectivity index (χ1n) is 7.98. The summed E-state index contributed by atoms with van der Waals surface area (Å²) in [6.07, 6.45) is 1.31. The Morgan fingerprint density at radius 1 is 1.29 bits per heavy atom. The number of carbonyl (C=O) groups is 1. The van der Waals surface area contributed by atoms with Crippen molar-refractivity contribution in [3.8, 4) is 0 Å². The Labute approximate surface area is 145 Å². The van der Waals surface area contributed by atoms with E-state index in [1.807, 2.05) is 30.3 Å². The van der Waals surface area contributed by atoms with Crippen molar-refractivity contribution in [2.75, 3.05) is 0 Å². The van der Waals surface area contributed by atoms with Gasteiger partial charge in [0.25, 0.3) is 5.56 Å². The molecule has 7 heteroatoms. The van der Waals surface area contributed by atoms with Crippen LogP contribution in [0.1, 0.15) is 44.0 Å². The molecule has 1 aromatic carbocycles. The SMILES string of the molecule is CC(C)C[C@H](NC(=O)CCc1n[nH]c(=S)[nH]c1=O)c1ccccc1. The van der Waals surface area contributed by atoms with Crippen molar-refractivity contribution >= 4 is 18.1 Å². The van der Waals surface area contributed by atoms with Crippen molar-refractivity contribution in [1.29, 1.82) is 0 Å². The summed E-state index contributed by atoms with van der Waals surface area (Å²) in [5.74, 6) is 0.349. The number of carbonyl (C=O) groups excluding carboxylic acids is 1. The minimum absolute atomic E-state index is 0.0356. The Kier molecular flexibility index (Phi) is 6.43. The summed E-state index contributed by atoms with van der Waals surface area (Å²) in [5, 5.41) is 9.47. The molecule has 0 aliphatic heterocycles. The van der Waals surface area contributed by atoms with Crippen LogP contribution in [-0.4, -0.2) is 21.1 Å². The monoisotopic (exact) mass is 346 g/mol. The van der Waals surface area contributed by atoms with E-state index >= 15 is 0 Å². The molecule has 2 rings (SSSR count). The molecule has 2 aromatic rings. The quantitative estimate of drug-likeness (QED) is 0.672. The van der Waals surface area contributed by atoms with Gasteiger partial charge in [0.2, 0.25) is 5.91 Å². The summed E-state index contributed by atoms with van der Waals surface area (Å²) >= 11 is 4.79. The van der Waals surface area contributed by atoms with Gasteiger partial charge in [-0.25, -0.2) is 0 Å². The summed E-state index contributed by atoms with van der Waals surface area (Å²) in [6.45, 7) is 4.25. The number of aryl methyl sites for hydroxylation is 1. The summed E-state index contributed by atoms with van der Waals surface area (Å²) in [6, 6.07) is 9.86. The van der Waals surface area contributed by atoms with Crippen molar-refractivity contribution in [3.05, 3.63) is 56.7 Å². The van der Waals surface area contributed by atoms with Crippen LogP contribution in [-0.2, 0) is 11.2 Å². The number of amides is 1. The van der Waals surface area contributed by atoms with Crippen LogP contribution < -0.4 is 10.9 Å². The number of aromatic amines is 2. The zero-order chi connectivity index (χ0) is 17.5. The predicted octanol–water partition coefficient (Wildman–Crippen LogP) is 2.66. The topological polar surface area (TPSA) is 90.6 Å². The Bertz CT molecular complexity index is 783. The Morgan fingerprint density at radius 2 is 2.00 bits per heavy atom. The average molecular weight is 346 g/mol. The second-order valence-electron chi connectivity index (χ2n) is 6.11. The highest BCUT2D eigenvalue weighted by atomic mass is 32.1. The van der Waals surface area contributed by atoms with E-state index in [0.717, 1.165) is 12.0 Å². The standard InChI is InChI=1S/C17H22N4O2S/c1-11(2)10-14(12-6-4-3-5-7-12)18-15(22)9-8-13-16(23)19-17(24)21-20-13/h3-7,11,14H,8-10H2,1-2H3,(H,18,22)(H2,19,21,23,24)/t14-/m0/s1. The van der Waals surface area contributed by atoms with Crippen LogP contribution >= 0.6 is 12.2 Å². The largest absolute Gasteiger partial charge is 0.349 e. The molecule has 1 atom stereocenters. The van der Waals surface area contributed by atoms with Crippen molar-refractivity contribution in [3.63, 3.8) is 0 Å². The normalized spacial score (nSPS) is 12.1. The molecule has 1 amide bonds. The molecule has 0 saturated heterocycles. The maximum Gasteiger partial charge on any atom is 0.273 e. The van der Waals surface area contributed by atoms with Crippen molar-refractivity contribution in [1.82, 2.24) is 20.5 Å². The fourth-order valence-electron chi connectivity index (χ4n) is 2.48. The van der Waals surface area contributed by atoms with Crippen LogP contribution in [0.5, 0.6) is 0 Å². The van der Waals surface area contributed by atoms with Gasteiger partial charge in [-0.05, 0) is 30.1 Å². The first kappa shape index (κ1) is 18.1. The lowest BCUT2D eigenvalue weighted by molar-refractivity contribution is -0.121. The summed E-state index contributed by atoms with van der Waals surface area (Å²) < 4.78 is 0.175. The van der Waals surface area contributed by atoms with Crippen molar-refractivity contribution < 1.29 is 4.79 Å². The van der Waals surface area contributed by atoms with E-state index in [2.05, 4.69) is 34.3 Å². The van der Waals surface area contributed by atoms with Crippen LogP contribution in [0.2, 0.25) is 0 Å². The number of nitrogens with one attached hydrogen (secondary N) is 3. The first-order chi connectivity index (χ1) is 11.5. The number of hydrogen-bond donors (Lipinski definition) is 3. The zero-order valence-electron chi connectivity index (χ0n) is 13.8. The van der Waals surface area contributed by atoms with Gasteiger partial charge in [-0.2, -0.15) is 5.10 Å². The lowest BCUT2D eigenvalue weighted by atomic mass is 9.97. The van der Waals surface area contributed by atoms with Gasteiger partial charge in [-0.1, -0.05) is 44.2 Å². The van der Waals surface area contributed by atoms with E-state index in [1.54, 1.807) is 0 Å². The molecular weight excluding hydrogens is 324 g/mol. The molecular formula is C17H22N4O2S. The van der Waals surface area contributed by atoms with Crippen molar-refractivity contribution in [2.24, 2.45) is 5.92 Å².